The van der Waals surface area contributed by atoms with Crippen molar-refractivity contribution in [1.29, 1.82) is 0 Å². The van der Waals surface area contributed by atoms with Crippen molar-refractivity contribution in [3.05, 3.63) is 124 Å². The van der Waals surface area contributed by atoms with Crippen LogP contribution in [0, 0.1) is 10.1 Å². The molecule has 3 N–H and O–H groups in total. The quantitative estimate of drug-likeness (QED) is 0.210. The highest BCUT2D eigenvalue weighted by Crippen LogP contribution is 2.39. The third-order valence-electron chi connectivity index (χ3n) is 5.58. The number of aromatic nitrogens is 2. The van der Waals surface area contributed by atoms with Gasteiger partial charge in [-0.05, 0) is 29.3 Å². The lowest BCUT2D eigenvalue weighted by molar-refractivity contribution is -0.384. The van der Waals surface area contributed by atoms with Gasteiger partial charge in [-0.3, -0.25) is 14.9 Å². The molecule has 0 saturated carbocycles. The van der Waals surface area contributed by atoms with Crippen LogP contribution < -0.4 is 10.6 Å². The zero-order chi connectivity index (χ0) is 23.7. The van der Waals surface area contributed by atoms with Gasteiger partial charge in [-0.2, -0.15) is 0 Å². The van der Waals surface area contributed by atoms with Crippen LogP contribution in [0.4, 0.5) is 17.1 Å². The van der Waals surface area contributed by atoms with E-state index < -0.39 is 4.92 Å². The zero-order valence-electron chi connectivity index (χ0n) is 17.9. The smallest absolute Gasteiger partial charge is 0.270 e. The number of H-pyrrole nitrogens is 1. The fraction of sp³-hybridized carbons (Fsp3) is 0. The summed E-state index contributed by atoms with van der Waals surface area (Å²) in [4.78, 5) is 31.0. The van der Waals surface area contributed by atoms with E-state index in [0.717, 1.165) is 28.1 Å². The second-order valence-electron chi connectivity index (χ2n) is 7.69. The van der Waals surface area contributed by atoms with Crippen molar-refractivity contribution in [2.45, 2.75) is 0 Å². The van der Waals surface area contributed by atoms with E-state index in [2.05, 4.69) is 27.2 Å². The minimum Gasteiger partial charge on any atom is -0.354 e. The lowest BCUT2D eigenvalue weighted by atomic mass is 9.99. The summed E-state index contributed by atoms with van der Waals surface area (Å²) in [5.41, 5.74) is 5.80. The summed E-state index contributed by atoms with van der Waals surface area (Å²) in [6, 6.07) is 21.3. The molecule has 8 heteroatoms. The van der Waals surface area contributed by atoms with Gasteiger partial charge in [0.1, 0.15) is 0 Å². The highest BCUT2D eigenvalue weighted by molar-refractivity contribution is 6.37. The minimum atomic E-state index is -0.471. The number of fused-ring (bicyclic) bond motifs is 1. The third kappa shape index (κ3) is 3.84. The van der Waals surface area contributed by atoms with Crippen molar-refractivity contribution in [1.82, 2.24) is 9.97 Å². The predicted molar refractivity (Wildman–Crippen MR) is 132 cm³/mol. The molecular weight excluding hydrogens is 430 g/mol. The molecule has 4 aromatic rings. The molecule has 2 heterocycles. The van der Waals surface area contributed by atoms with E-state index in [1.54, 1.807) is 18.6 Å². The normalized spacial score (nSPS) is 13.7. The number of nitrogens with zero attached hydrogens (tertiary/aromatic N) is 2. The van der Waals surface area contributed by atoms with Crippen molar-refractivity contribution in [2.24, 2.45) is 0 Å². The van der Waals surface area contributed by atoms with Crippen molar-refractivity contribution < 1.29 is 9.72 Å². The molecule has 166 valence electrons. The van der Waals surface area contributed by atoms with Gasteiger partial charge < -0.3 is 15.6 Å². The zero-order valence-corrected chi connectivity index (χ0v) is 17.9. The summed E-state index contributed by atoms with van der Waals surface area (Å²) in [5, 5.41) is 17.5. The van der Waals surface area contributed by atoms with Crippen LogP contribution in [0.5, 0.6) is 0 Å². The van der Waals surface area contributed by atoms with E-state index in [4.69, 9.17) is 0 Å². The first-order chi connectivity index (χ1) is 16.5. The maximum absolute atomic E-state index is 13.0. The predicted octanol–water partition coefficient (Wildman–Crippen LogP) is 5.31. The number of nitrogens with one attached hydrogen (secondary N) is 3. The summed E-state index contributed by atoms with van der Waals surface area (Å²) in [7, 11) is 0. The van der Waals surface area contributed by atoms with E-state index in [-0.39, 0.29) is 11.6 Å². The fourth-order valence-electron chi connectivity index (χ4n) is 3.87. The Labute approximate surface area is 194 Å². The van der Waals surface area contributed by atoms with E-state index in [9.17, 15) is 14.9 Å². The number of amides is 1. The van der Waals surface area contributed by atoms with Crippen LogP contribution >= 0.6 is 0 Å². The van der Waals surface area contributed by atoms with Crippen LogP contribution in [0.3, 0.4) is 0 Å². The number of carbonyl (C=O) groups is 1. The van der Waals surface area contributed by atoms with Gasteiger partial charge in [0.15, 0.2) is 0 Å². The van der Waals surface area contributed by atoms with E-state index in [1.165, 1.54) is 12.1 Å². The van der Waals surface area contributed by atoms with E-state index in [1.807, 2.05) is 54.6 Å². The molecule has 1 aromatic heterocycles. The number of imidazole rings is 1. The van der Waals surface area contributed by atoms with Crippen LogP contribution in [0.1, 0.15) is 22.4 Å². The molecule has 0 unspecified atom stereocenters. The average molecular weight is 449 g/mol. The molecule has 1 aliphatic rings. The van der Waals surface area contributed by atoms with Crippen molar-refractivity contribution in [3.8, 4) is 0 Å². The van der Waals surface area contributed by atoms with Crippen LogP contribution in [0.2, 0.25) is 0 Å². The molecule has 34 heavy (non-hydrogen) atoms. The Hall–Kier alpha value is -4.98. The summed E-state index contributed by atoms with van der Waals surface area (Å²) >= 11 is 0. The number of hydrogen-bond acceptors (Lipinski definition) is 5. The molecule has 5 rings (SSSR count). The highest BCUT2D eigenvalue weighted by atomic mass is 16.6. The van der Waals surface area contributed by atoms with Gasteiger partial charge in [0, 0.05) is 40.8 Å². The first-order valence-corrected chi connectivity index (χ1v) is 10.5. The molecule has 8 nitrogen and oxygen atoms in total. The number of non-ortho nitro benzene ring substituents is 1. The standard InChI is InChI=1S/C26H19N5O3/c1-16(23-14-27-15-28-23)17-7-9-19(10-8-17)29-25(18-5-3-2-4-6-18)24-21-13-20(31(33)34)11-12-22(21)30-26(24)32/h2-15,29H,1H2,(H,27,28)(H,30,32). The van der Waals surface area contributed by atoms with Crippen LogP contribution in [0.15, 0.2) is 91.9 Å². The van der Waals surface area contributed by atoms with Gasteiger partial charge in [0.25, 0.3) is 11.6 Å². The molecule has 1 amide bonds. The number of hydrogen-bond donors (Lipinski definition) is 3. The van der Waals surface area contributed by atoms with Gasteiger partial charge in [-0.25, -0.2) is 4.98 Å². The SMILES string of the molecule is C=C(c1ccc(NC(=C2C(=O)Nc3ccc([N+](=O)[O-])cc32)c2ccccc2)cc1)c1c[nH]cn1. The topological polar surface area (TPSA) is 113 Å². The van der Waals surface area contributed by atoms with Gasteiger partial charge in [-0.15, -0.1) is 0 Å². The second-order valence-corrected chi connectivity index (χ2v) is 7.69. The number of carbonyl (C=O) groups excluding carboxylic acids is 1. The molecule has 3 aromatic carbocycles. The first-order valence-electron chi connectivity index (χ1n) is 10.5. The lowest BCUT2D eigenvalue weighted by Crippen LogP contribution is -2.10. The molecule has 0 bridgehead atoms. The molecule has 1 aliphatic heterocycles. The fourth-order valence-corrected chi connectivity index (χ4v) is 3.87. The van der Waals surface area contributed by atoms with Gasteiger partial charge in [-0.1, -0.05) is 49.0 Å². The van der Waals surface area contributed by atoms with E-state index >= 15 is 0 Å². The highest BCUT2D eigenvalue weighted by Gasteiger charge is 2.30. The monoisotopic (exact) mass is 449 g/mol. The van der Waals surface area contributed by atoms with Gasteiger partial charge in [0.2, 0.25) is 0 Å². The number of aromatic amines is 1. The molecular formula is C26H19N5O3. The Kier molecular flexibility index (Phi) is 5.23. The maximum Gasteiger partial charge on any atom is 0.270 e. The summed E-state index contributed by atoms with van der Waals surface area (Å²) in [6.45, 7) is 4.11. The third-order valence-corrected chi connectivity index (χ3v) is 5.58. The number of nitro benzene ring substituents is 1. The molecule has 0 spiro atoms. The average Bonchev–Trinajstić information content (AvgIpc) is 3.50. The minimum absolute atomic E-state index is 0.0820. The molecule has 0 radical (unpaired) electrons. The number of rotatable bonds is 6. The number of nitro groups is 1. The Morgan fingerprint density at radius 1 is 1.00 bits per heavy atom. The Morgan fingerprint density at radius 2 is 1.76 bits per heavy atom. The van der Waals surface area contributed by atoms with Crippen molar-refractivity contribution in [2.75, 3.05) is 10.6 Å². The van der Waals surface area contributed by atoms with Crippen LogP contribution in [-0.2, 0) is 4.79 Å². The summed E-state index contributed by atoms with van der Waals surface area (Å²) in [5.74, 6) is -0.328. The molecule has 0 atom stereocenters. The molecule has 0 aliphatic carbocycles. The lowest BCUT2D eigenvalue weighted by Gasteiger charge is -2.15. The van der Waals surface area contributed by atoms with E-state index in [0.29, 0.717) is 22.5 Å². The number of anilines is 2. The molecule has 0 saturated heterocycles. The van der Waals surface area contributed by atoms with Gasteiger partial charge in [0.05, 0.1) is 28.2 Å². The van der Waals surface area contributed by atoms with Crippen molar-refractivity contribution >= 4 is 39.8 Å². The Morgan fingerprint density at radius 3 is 2.44 bits per heavy atom. The largest absolute Gasteiger partial charge is 0.354 e. The van der Waals surface area contributed by atoms with Gasteiger partial charge >= 0.3 is 0 Å². The number of benzene rings is 3. The summed E-state index contributed by atoms with van der Waals surface area (Å²) in [6.07, 6.45) is 3.38. The maximum atomic E-state index is 13.0. The second kappa shape index (κ2) is 8.51. The van der Waals surface area contributed by atoms with Crippen LogP contribution in [0.25, 0.3) is 16.8 Å². The Balaban J connectivity index is 1.57. The van der Waals surface area contributed by atoms with Crippen LogP contribution in [-0.4, -0.2) is 20.8 Å². The van der Waals surface area contributed by atoms with Crippen molar-refractivity contribution in [3.63, 3.8) is 0 Å². The summed E-state index contributed by atoms with van der Waals surface area (Å²) < 4.78 is 0. The first kappa shape index (κ1) is 20.9. The Bertz CT molecular complexity index is 1440. The molecule has 0 fully saturated rings.